The molecule has 1 radical (unpaired) electrons. The summed E-state index contributed by atoms with van der Waals surface area (Å²) in [7, 11) is 3.03. The first-order chi connectivity index (χ1) is 5.25. The molecular weight excluding hydrogens is 150 g/mol. The van der Waals surface area contributed by atoms with E-state index in [1.165, 1.54) is 18.2 Å². The first-order valence-corrected chi connectivity index (χ1v) is 3.05. The van der Waals surface area contributed by atoms with Crippen LogP contribution in [-0.2, 0) is 11.3 Å². The maximum atomic E-state index is 12.7. The van der Waals surface area contributed by atoms with Crippen molar-refractivity contribution in [3.05, 3.63) is 42.5 Å². The molecule has 0 unspecified atom stereocenters. The van der Waals surface area contributed by atoms with E-state index in [4.69, 9.17) is 0 Å². The van der Waals surface area contributed by atoms with Crippen molar-refractivity contribution < 1.29 is 13.5 Å². The highest BCUT2D eigenvalue weighted by Gasteiger charge is 2.06. The summed E-state index contributed by atoms with van der Waals surface area (Å²) in [6.45, 7) is -0.140. The standard InChI is InChI=1S/C8H7F2O/c1-11-5-6-7(9)3-2-4-8(6)10/h2-4H,1,5H2. The Morgan fingerprint density at radius 3 is 2.27 bits per heavy atom. The van der Waals surface area contributed by atoms with Crippen molar-refractivity contribution in [3.8, 4) is 0 Å². The van der Waals surface area contributed by atoms with Gasteiger partial charge in [-0.25, -0.2) is 8.78 Å². The Bertz CT molecular complexity index is 228. The molecule has 0 N–H and O–H groups in total. The summed E-state index contributed by atoms with van der Waals surface area (Å²) in [5.41, 5.74) is -0.0810. The van der Waals surface area contributed by atoms with Gasteiger partial charge in [-0.1, -0.05) is 6.07 Å². The highest BCUT2D eigenvalue weighted by molar-refractivity contribution is 5.18. The van der Waals surface area contributed by atoms with Gasteiger partial charge in [-0.15, -0.1) is 0 Å². The highest BCUT2D eigenvalue weighted by atomic mass is 19.1. The summed E-state index contributed by atoms with van der Waals surface area (Å²) in [6, 6.07) is 3.66. The van der Waals surface area contributed by atoms with Crippen molar-refractivity contribution >= 4 is 0 Å². The van der Waals surface area contributed by atoms with Gasteiger partial charge >= 0.3 is 0 Å². The van der Waals surface area contributed by atoms with E-state index in [9.17, 15) is 8.78 Å². The Kier molecular flexibility index (Phi) is 2.54. The Labute approximate surface area is 63.6 Å². The summed E-state index contributed by atoms with van der Waals surface area (Å²) in [4.78, 5) is 0. The van der Waals surface area contributed by atoms with Crippen LogP contribution in [0.1, 0.15) is 5.56 Å². The van der Waals surface area contributed by atoms with Gasteiger partial charge in [-0.3, -0.25) is 0 Å². The van der Waals surface area contributed by atoms with Crippen LogP contribution < -0.4 is 0 Å². The minimum atomic E-state index is -0.603. The number of hydrogen-bond acceptors (Lipinski definition) is 1. The van der Waals surface area contributed by atoms with Gasteiger partial charge in [-0.05, 0) is 12.1 Å². The van der Waals surface area contributed by atoms with E-state index in [0.717, 1.165) is 0 Å². The summed E-state index contributed by atoms with van der Waals surface area (Å²) in [5.74, 6) is -1.21. The zero-order valence-corrected chi connectivity index (χ0v) is 5.81. The Morgan fingerprint density at radius 1 is 1.27 bits per heavy atom. The predicted octanol–water partition coefficient (Wildman–Crippen LogP) is 2.27. The van der Waals surface area contributed by atoms with Crippen molar-refractivity contribution in [2.45, 2.75) is 6.61 Å². The van der Waals surface area contributed by atoms with Gasteiger partial charge in [0.05, 0.1) is 13.7 Å². The van der Waals surface area contributed by atoms with Crippen LogP contribution >= 0.6 is 0 Å². The molecule has 0 atom stereocenters. The smallest absolute Gasteiger partial charge is 0.131 e. The summed E-state index contributed by atoms with van der Waals surface area (Å²) in [5, 5.41) is 0. The van der Waals surface area contributed by atoms with Gasteiger partial charge in [0.25, 0.3) is 0 Å². The van der Waals surface area contributed by atoms with Crippen LogP contribution in [0.3, 0.4) is 0 Å². The maximum absolute atomic E-state index is 12.7. The van der Waals surface area contributed by atoms with Gasteiger partial charge in [-0.2, -0.15) is 0 Å². The molecule has 0 spiro atoms. The molecule has 0 saturated heterocycles. The molecule has 59 valence electrons. The molecule has 1 rings (SSSR count). The lowest BCUT2D eigenvalue weighted by atomic mass is 10.2. The van der Waals surface area contributed by atoms with Gasteiger partial charge in [0.15, 0.2) is 0 Å². The number of hydrogen-bond donors (Lipinski definition) is 0. The van der Waals surface area contributed by atoms with Crippen LogP contribution in [-0.4, -0.2) is 0 Å². The van der Waals surface area contributed by atoms with Crippen LogP contribution in [0.15, 0.2) is 18.2 Å². The molecule has 1 aromatic rings. The molecule has 1 nitrogen and oxygen atoms in total. The Hall–Kier alpha value is -0.960. The monoisotopic (exact) mass is 157 g/mol. The zero-order chi connectivity index (χ0) is 8.27. The van der Waals surface area contributed by atoms with Gasteiger partial charge in [0.1, 0.15) is 11.6 Å². The molecule has 0 bridgehead atoms. The quantitative estimate of drug-likeness (QED) is 0.639. The van der Waals surface area contributed by atoms with E-state index in [1.54, 1.807) is 0 Å². The van der Waals surface area contributed by atoms with Crippen molar-refractivity contribution in [2.24, 2.45) is 0 Å². The van der Waals surface area contributed by atoms with Gasteiger partial charge in [0.2, 0.25) is 0 Å². The summed E-state index contributed by atoms with van der Waals surface area (Å²) >= 11 is 0. The second-order valence-corrected chi connectivity index (χ2v) is 2.05. The van der Waals surface area contributed by atoms with E-state index in [2.05, 4.69) is 11.8 Å². The fraction of sp³-hybridized carbons (Fsp3) is 0.125. The molecule has 11 heavy (non-hydrogen) atoms. The van der Waals surface area contributed by atoms with Crippen LogP contribution in [0.4, 0.5) is 8.78 Å². The number of benzene rings is 1. The molecule has 0 fully saturated rings. The molecule has 0 aliphatic carbocycles. The van der Waals surface area contributed by atoms with Crippen LogP contribution in [0.25, 0.3) is 0 Å². The minimum absolute atomic E-state index is 0.0810. The van der Waals surface area contributed by atoms with Crippen LogP contribution in [0.2, 0.25) is 0 Å². The molecule has 0 saturated carbocycles. The fourth-order valence-corrected chi connectivity index (χ4v) is 0.772. The fourth-order valence-electron chi connectivity index (χ4n) is 0.772. The number of rotatable bonds is 2. The predicted molar refractivity (Wildman–Crippen MR) is 36.5 cm³/mol. The molecule has 3 heteroatoms. The number of ether oxygens (including phenoxy) is 1. The highest BCUT2D eigenvalue weighted by Crippen LogP contribution is 2.12. The van der Waals surface area contributed by atoms with Crippen molar-refractivity contribution in [2.75, 3.05) is 0 Å². The third kappa shape index (κ3) is 1.74. The van der Waals surface area contributed by atoms with Crippen LogP contribution in [0.5, 0.6) is 0 Å². The molecule has 0 aliphatic rings. The molecule has 0 aliphatic heterocycles. The summed E-state index contributed by atoms with van der Waals surface area (Å²) in [6.07, 6.45) is 0. The average molecular weight is 157 g/mol. The van der Waals surface area contributed by atoms with E-state index >= 15 is 0 Å². The minimum Gasteiger partial charge on any atom is -0.374 e. The third-order valence-electron chi connectivity index (χ3n) is 1.31. The summed E-state index contributed by atoms with van der Waals surface area (Å²) < 4.78 is 29.7. The second kappa shape index (κ2) is 3.44. The van der Waals surface area contributed by atoms with E-state index < -0.39 is 11.6 Å². The van der Waals surface area contributed by atoms with Crippen molar-refractivity contribution in [1.82, 2.24) is 0 Å². The van der Waals surface area contributed by atoms with E-state index in [-0.39, 0.29) is 12.2 Å². The van der Waals surface area contributed by atoms with Gasteiger partial charge in [0, 0.05) is 5.56 Å². The van der Waals surface area contributed by atoms with Crippen molar-refractivity contribution in [1.29, 1.82) is 0 Å². The van der Waals surface area contributed by atoms with Crippen molar-refractivity contribution in [3.63, 3.8) is 0 Å². The van der Waals surface area contributed by atoms with Crippen LogP contribution in [0, 0.1) is 18.7 Å². The Balaban J connectivity index is 3.00. The lowest BCUT2D eigenvalue weighted by Crippen LogP contribution is -1.95. The van der Waals surface area contributed by atoms with Gasteiger partial charge < -0.3 is 4.74 Å². The molecule has 0 heterocycles. The largest absolute Gasteiger partial charge is 0.374 e. The Morgan fingerprint density at radius 2 is 1.82 bits per heavy atom. The maximum Gasteiger partial charge on any atom is 0.131 e. The second-order valence-electron chi connectivity index (χ2n) is 2.05. The lowest BCUT2D eigenvalue weighted by molar-refractivity contribution is 0.219. The molecule has 0 aromatic heterocycles. The molecular formula is C8H7F2O. The number of halogens is 2. The van der Waals surface area contributed by atoms with E-state index in [1.807, 2.05) is 0 Å². The molecule has 1 aromatic carbocycles. The third-order valence-corrected chi connectivity index (χ3v) is 1.31. The normalized spacial score (nSPS) is 10.1. The molecule has 0 amide bonds. The topological polar surface area (TPSA) is 9.23 Å². The lowest BCUT2D eigenvalue weighted by Gasteiger charge is -2.01. The van der Waals surface area contributed by atoms with E-state index in [0.29, 0.717) is 0 Å². The average Bonchev–Trinajstić information content (AvgIpc) is 1.97. The SMILES string of the molecule is [CH2]OCc1c(F)cccc1F. The first-order valence-electron chi connectivity index (χ1n) is 3.05. The zero-order valence-electron chi connectivity index (χ0n) is 5.81. The first kappa shape index (κ1) is 8.14.